The molecule has 0 bridgehead atoms. The first-order chi connectivity index (χ1) is 10.6. The van der Waals surface area contributed by atoms with Crippen LogP contribution in [0, 0.1) is 0 Å². The molecule has 2 aromatic rings. The number of para-hydroxylation sites is 1. The van der Waals surface area contributed by atoms with Crippen molar-refractivity contribution < 1.29 is 14.3 Å². The van der Waals surface area contributed by atoms with Gasteiger partial charge in [-0.25, -0.2) is 0 Å². The molecule has 0 unspecified atom stereocenters. The molecule has 2 aromatic carbocycles. The van der Waals surface area contributed by atoms with Crippen LogP contribution in [0.4, 0.5) is 5.69 Å². The number of ether oxygens (including phenoxy) is 1. The smallest absolute Gasteiger partial charge is 0.255 e. The van der Waals surface area contributed by atoms with Gasteiger partial charge in [0.05, 0.1) is 5.57 Å². The first-order valence-electron chi connectivity index (χ1n) is 6.98. The van der Waals surface area contributed by atoms with Gasteiger partial charge in [-0.05, 0) is 31.2 Å². The minimum absolute atomic E-state index is 0.0368. The van der Waals surface area contributed by atoms with E-state index in [-0.39, 0.29) is 18.3 Å². The maximum absolute atomic E-state index is 12.3. The van der Waals surface area contributed by atoms with Crippen molar-refractivity contribution in [1.82, 2.24) is 0 Å². The van der Waals surface area contributed by atoms with Crippen molar-refractivity contribution in [2.75, 3.05) is 11.9 Å². The van der Waals surface area contributed by atoms with Crippen LogP contribution in [0.3, 0.4) is 0 Å². The number of Topliss-reactive ketones (excluding diaryl/α,β-unsaturated/α-hetero) is 1. The zero-order valence-electron chi connectivity index (χ0n) is 12.1. The van der Waals surface area contributed by atoms with Crippen molar-refractivity contribution in [3.63, 3.8) is 0 Å². The molecule has 0 atom stereocenters. The van der Waals surface area contributed by atoms with E-state index in [1.54, 1.807) is 24.3 Å². The number of fused-ring (bicyclic) bond motifs is 1. The fourth-order valence-corrected chi connectivity index (χ4v) is 2.27. The molecule has 0 radical (unpaired) electrons. The molecule has 0 aliphatic carbocycles. The number of amides is 1. The summed E-state index contributed by atoms with van der Waals surface area (Å²) in [6, 6.07) is 14.4. The second kappa shape index (κ2) is 5.85. The number of rotatable bonds is 3. The summed E-state index contributed by atoms with van der Waals surface area (Å²) in [5.74, 6) is 0.512. The number of hydrogen-bond donors (Lipinski definition) is 1. The van der Waals surface area contributed by atoms with E-state index in [9.17, 15) is 9.59 Å². The third-order valence-electron chi connectivity index (χ3n) is 3.45. The summed E-state index contributed by atoms with van der Waals surface area (Å²) in [5, 5.41) is 2.80. The topological polar surface area (TPSA) is 55.4 Å². The molecule has 4 nitrogen and oxygen atoms in total. The summed E-state index contributed by atoms with van der Waals surface area (Å²) < 4.78 is 5.57. The normalized spacial score (nSPS) is 12.7. The second-order valence-electron chi connectivity index (χ2n) is 5.09. The summed E-state index contributed by atoms with van der Waals surface area (Å²) in [6.45, 7) is 1.73. The number of carbonyl (C=O) groups is 2. The van der Waals surface area contributed by atoms with Gasteiger partial charge in [0.2, 0.25) is 0 Å². The Labute approximate surface area is 128 Å². The standard InChI is InChI=1S/C18H15NO3/c1-12(20)13-6-4-7-16(10-13)19-18(21)15-9-14-5-2-3-8-17(14)22-11-15/h2-10H,11H2,1H3,(H,19,21). The molecular weight excluding hydrogens is 278 g/mol. The third kappa shape index (κ3) is 2.91. The van der Waals surface area contributed by atoms with E-state index in [4.69, 9.17) is 4.74 Å². The molecule has 1 aliphatic heterocycles. The van der Waals surface area contributed by atoms with E-state index in [0.717, 1.165) is 11.3 Å². The van der Waals surface area contributed by atoms with Gasteiger partial charge in [-0.15, -0.1) is 0 Å². The number of anilines is 1. The van der Waals surface area contributed by atoms with E-state index in [1.807, 2.05) is 30.3 Å². The van der Waals surface area contributed by atoms with Crippen LogP contribution >= 0.6 is 0 Å². The largest absolute Gasteiger partial charge is 0.488 e. The fourth-order valence-electron chi connectivity index (χ4n) is 2.27. The SMILES string of the molecule is CC(=O)c1cccc(NC(=O)C2=Cc3ccccc3OC2)c1. The molecular formula is C18H15NO3. The van der Waals surface area contributed by atoms with Crippen LogP contribution in [-0.4, -0.2) is 18.3 Å². The maximum Gasteiger partial charge on any atom is 0.255 e. The van der Waals surface area contributed by atoms with Crippen LogP contribution < -0.4 is 10.1 Å². The molecule has 110 valence electrons. The molecule has 1 aliphatic rings. The highest BCUT2D eigenvalue weighted by Gasteiger charge is 2.17. The molecule has 0 saturated heterocycles. The highest BCUT2D eigenvalue weighted by Crippen LogP contribution is 2.26. The summed E-state index contributed by atoms with van der Waals surface area (Å²) in [5.41, 5.74) is 2.60. The van der Waals surface area contributed by atoms with Crippen LogP contribution in [0.1, 0.15) is 22.8 Å². The Kier molecular flexibility index (Phi) is 3.74. The lowest BCUT2D eigenvalue weighted by molar-refractivity contribution is -0.113. The molecule has 4 heteroatoms. The minimum atomic E-state index is -0.227. The highest BCUT2D eigenvalue weighted by atomic mass is 16.5. The Morgan fingerprint density at radius 2 is 1.91 bits per heavy atom. The quantitative estimate of drug-likeness (QED) is 0.883. The van der Waals surface area contributed by atoms with Crippen molar-refractivity contribution in [2.45, 2.75) is 6.92 Å². The van der Waals surface area contributed by atoms with Crippen molar-refractivity contribution in [1.29, 1.82) is 0 Å². The van der Waals surface area contributed by atoms with Gasteiger partial charge in [0.15, 0.2) is 5.78 Å². The Bertz CT molecular complexity index is 777. The monoisotopic (exact) mass is 293 g/mol. The van der Waals surface area contributed by atoms with Crippen LogP contribution in [0.5, 0.6) is 5.75 Å². The number of hydrogen-bond acceptors (Lipinski definition) is 3. The molecule has 22 heavy (non-hydrogen) atoms. The Morgan fingerprint density at radius 1 is 1.09 bits per heavy atom. The van der Waals surface area contributed by atoms with Crippen LogP contribution in [0.15, 0.2) is 54.1 Å². The van der Waals surface area contributed by atoms with Gasteiger partial charge in [-0.3, -0.25) is 9.59 Å². The van der Waals surface area contributed by atoms with Crippen LogP contribution in [0.25, 0.3) is 6.08 Å². The summed E-state index contributed by atoms with van der Waals surface area (Å²) >= 11 is 0. The van der Waals surface area contributed by atoms with Gasteiger partial charge in [-0.1, -0.05) is 30.3 Å². The molecule has 0 saturated carbocycles. The first-order valence-corrected chi connectivity index (χ1v) is 6.98. The predicted octanol–water partition coefficient (Wildman–Crippen LogP) is 3.30. The molecule has 0 aromatic heterocycles. The summed E-state index contributed by atoms with van der Waals surface area (Å²) in [4.78, 5) is 23.7. The second-order valence-corrected chi connectivity index (χ2v) is 5.09. The molecule has 1 heterocycles. The average Bonchev–Trinajstić information content (AvgIpc) is 2.54. The number of nitrogens with one attached hydrogen (secondary N) is 1. The lowest BCUT2D eigenvalue weighted by atomic mass is 10.1. The van der Waals surface area contributed by atoms with Gasteiger partial charge < -0.3 is 10.1 Å². The predicted molar refractivity (Wildman–Crippen MR) is 85.0 cm³/mol. The zero-order valence-corrected chi connectivity index (χ0v) is 12.1. The van der Waals surface area contributed by atoms with Gasteiger partial charge in [-0.2, -0.15) is 0 Å². The third-order valence-corrected chi connectivity index (χ3v) is 3.45. The fraction of sp³-hybridized carbons (Fsp3) is 0.111. The highest BCUT2D eigenvalue weighted by molar-refractivity contribution is 6.08. The molecule has 0 spiro atoms. The van der Waals surface area contributed by atoms with E-state index in [2.05, 4.69) is 5.32 Å². The van der Waals surface area contributed by atoms with E-state index in [0.29, 0.717) is 16.8 Å². The zero-order chi connectivity index (χ0) is 15.5. The van der Waals surface area contributed by atoms with Gasteiger partial charge >= 0.3 is 0 Å². The van der Waals surface area contributed by atoms with Crippen molar-refractivity contribution in [3.8, 4) is 5.75 Å². The lowest BCUT2D eigenvalue weighted by Crippen LogP contribution is -2.21. The first kappa shape index (κ1) is 14.1. The van der Waals surface area contributed by atoms with Crippen molar-refractivity contribution in [3.05, 3.63) is 65.2 Å². The summed E-state index contributed by atoms with van der Waals surface area (Å²) in [7, 11) is 0. The van der Waals surface area contributed by atoms with Gasteiger partial charge in [0, 0.05) is 16.8 Å². The lowest BCUT2D eigenvalue weighted by Gasteiger charge is -2.17. The van der Waals surface area contributed by atoms with Gasteiger partial charge in [0.25, 0.3) is 5.91 Å². The van der Waals surface area contributed by atoms with Crippen LogP contribution in [0.2, 0.25) is 0 Å². The Morgan fingerprint density at radius 3 is 2.73 bits per heavy atom. The molecule has 1 amide bonds. The Balaban J connectivity index is 1.80. The molecule has 1 N–H and O–H groups in total. The minimum Gasteiger partial charge on any atom is -0.488 e. The van der Waals surface area contributed by atoms with E-state index in [1.165, 1.54) is 6.92 Å². The van der Waals surface area contributed by atoms with E-state index >= 15 is 0 Å². The van der Waals surface area contributed by atoms with Crippen LogP contribution in [-0.2, 0) is 4.79 Å². The molecule has 3 rings (SSSR count). The van der Waals surface area contributed by atoms with Crippen molar-refractivity contribution >= 4 is 23.5 Å². The number of carbonyl (C=O) groups excluding carboxylic acids is 2. The number of ketones is 1. The molecule has 0 fully saturated rings. The number of benzene rings is 2. The Hall–Kier alpha value is -2.88. The van der Waals surface area contributed by atoms with Crippen molar-refractivity contribution in [2.24, 2.45) is 0 Å². The maximum atomic E-state index is 12.3. The summed E-state index contributed by atoms with van der Waals surface area (Å²) in [6.07, 6.45) is 1.82. The average molecular weight is 293 g/mol. The van der Waals surface area contributed by atoms with Gasteiger partial charge in [0.1, 0.15) is 12.4 Å². The van der Waals surface area contributed by atoms with E-state index < -0.39 is 0 Å².